The summed E-state index contributed by atoms with van der Waals surface area (Å²) < 4.78 is 2.76. The van der Waals surface area contributed by atoms with Gasteiger partial charge in [0.05, 0.1) is 11.7 Å². The van der Waals surface area contributed by atoms with Gasteiger partial charge in [0.25, 0.3) is 0 Å². The van der Waals surface area contributed by atoms with Crippen LogP contribution in [0.1, 0.15) is 16.1 Å². The number of pyridine rings is 2. The molecule has 100 valence electrons. The van der Waals surface area contributed by atoms with E-state index < -0.39 is 5.97 Å². The average Bonchev–Trinajstić information content (AvgIpc) is 2.76. The maximum Gasteiger partial charge on any atom is 1.00 e. The summed E-state index contributed by atoms with van der Waals surface area (Å²) in [7, 11) is 0. The molecule has 21 heavy (non-hydrogen) atoms. The minimum atomic E-state index is -1.28. The van der Waals surface area contributed by atoms with Crippen LogP contribution < -0.4 is 24.0 Å². The molecule has 0 unspecified atom stereocenters. The number of aromatic nitrogens is 3. The van der Waals surface area contributed by atoms with Crippen molar-refractivity contribution in [3.8, 4) is 0 Å². The van der Waals surface area contributed by atoms with Crippen molar-refractivity contribution in [2.24, 2.45) is 0 Å². The third-order valence-corrected chi connectivity index (χ3v) is 3.62. The number of nitrogens with zero attached hydrogens (tertiary/aromatic N) is 3. The van der Waals surface area contributed by atoms with Gasteiger partial charge in [0, 0.05) is 35.0 Å². The van der Waals surface area contributed by atoms with Crippen LogP contribution in [0, 0.1) is 0 Å². The molecule has 0 atom stereocenters. The minimum Gasteiger partial charge on any atom is -0.543 e. The van der Waals surface area contributed by atoms with E-state index in [-0.39, 0.29) is 24.6 Å². The molecule has 0 amide bonds. The third-order valence-electron chi connectivity index (χ3n) is 2.99. The number of rotatable bonds is 3. The Morgan fingerprint density at radius 2 is 1.95 bits per heavy atom. The van der Waals surface area contributed by atoms with Crippen molar-refractivity contribution in [2.45, 2.75) is 6.54 Å². The fourth-order valence-corrected chi connectivity index (χ4v) is 2.60. The van der Waals surface area contributed by atoms with Gasteiger partial charge in [-0.2, -0.15) is 0 Å². The van der Waals surface area contributed by atoms with Crippen molar-refractivity contribution < 1.29 is 28.8 Å². The Balaban J connectivity index is 0.00000161. The van der Waals surface area contributed by atoms with Crippen molar-refractivity contribution in [1.82, 2.24) is 14.5 Å². The van der Waals surface area contributed by atoms with Crippen LogP contribution in [0.15, 0.2) is 47.3 Å². The molecule has 0 fully saturated rings. The monoisotopic (exact) mass is 337 g/mol. The van der Waals surface area contributed by atoms with Crippen LogP contribution in [0.25, 0.3) is 11.0 Å². The Morgan fingerprint density at radius 1 is 1.24 bits per heavy atom. The number of carbonyl (C=O) groups excluding carboxylic acids is 1. The van der Waals surface area contributed by atoms with Crippen LogP contribution in [0.2, 0.25) is 0 Å². The number of hydrogen-bond acceptors (Lipinski definition) is 4. The molecule has 3 aromatic rings. The Bertz CT molecular complexity index is 790. The van der Waals surface area contributed by atoms with Gasteiger partial charge in [-0.15, -0.1) is 0 Å². The van der Waals surface area contributed by atoms with Gasteiger partial charge in [0.1, 0.15) is 5.65 Å². The predicted molar refractivity (Wildman–Crippen MR) is 75.1 cm³/mol. The van der Waals surface area contributed by atoms with Gasteiger partial charge >= 0.3 is 18.9 Å². The van der Waals surface area contributed by atoms with Gasteiger partial charge in [0.2, 0.25) is 0 Å². The van der Waals surface area contributed by atoms with Gasteiger partial charge in [0.15, 0.2) is 0 Å². The van der Waals surface area contributed by atoms with Crippen LogP contribution in [0.4, 0.5) is 0 Å². The summed E-state index contributed by atoms with van der Waals surface area (Å²) in [6.07, 6.45) is 5.32. The maximum absolute atomic E-state index is 10.9. The number of carboxylic acid groups (broad SMARTS) is 1. The fourth-order valence-electron chi connectivity index (χ4n) is 2.04. The molecule has 0 N–H and O–H groups in total. The van der Waals surface area contributed by atoms with E-state index in [1.807, 2.05) is 22.9 Å². The summed E-state index contributed by atoms with van der Waals surface area (Å²) in [5, 5.41) is 11.8. The van der Waals surface area contributed by atoms with Crippen LogP contribution in [-0.2, 0) is 6.54 Å². The molecule has 3 rings (SSSR count). The largest absolute Gasteiger partial charge is 1.00 e. The second-order valence-electron chi connectivity index (χ2n) is 4.32. The van der Waals surface area contributed by atoms with Crippen molar-refractivity contribution >= 4 is 32.9 Å². The molecule has 3 aromatic heterocycles. The molecule has 0 radical (unpaired) electrons. The summed E-state index contributed by atoms with van der Waals surface area (Å²) in [6, 6.07) is 6.98. The first-order valence-corrected chi connectivity index (χ1v) is 6.70. The molecule has 0 spiro atoms. The van der Waals surface area contributed by atoms with Crippen molar-refractivity contribution in [3.63, 3.8) is 0 Å². The first kappa shape index (κ1) is 15.8. The van der Waals surface area contributed by atoms with Gasteiger partial charge in [-0.25, -0.2) is 4.98 Å². The van der Waals surface area contributed by atoms with E-state index in [0.717, 1.165) is 15.4 Å². The Hall–Kier alpha value is -1.61. The van der Waals surface area contributed by atoms with E-state index in [2.05, 4.69) is 25.9 Å². The van der Waals surface area contributed by atoms with Crippen molar-refractivity contribution in [2.75, 3.05) is 0 Å². The van der Waals surface area contributed by atoms with Gasteiger partial charge in [-0.3, -0.25) is 4.98 Å². The van der Waals surface area contributed by atoms with Crippen LogP contribution in [-0.4, -0.2) is 20.5 Å². The smallest absolute Gasteiger partial charge is 0.543 e. The molecule has 3 heterocycles. The Labute approximate surface area is 141 Å². The number of halogens is 1. The molecule has 0 aliphatic rings. The molecule has 0 bridgehead atoms. The maximum atomic E-state index is 10.9. The minimum absolute atomic E-state index is 0. The van der Waals surface area contributed by atoms with Gasteiger partial charge in [-0.1, -0.05) is 0 Å². The standard InChI is InChI=1S/C14H10BrN3O2.Li/c15-11-8-18(7-9-3-5-16-6-4-9)13-10(11)1-2-12(17-13)14(19)20;/h1-6,8H,7H2,(H,19,20);/q;+1/p-1. The zero-order valence-corrected chi connectivity index (χ0v) is 12.9. The molecule has 5 nitrogen and oxygen atoms in total. The third kappa shape index (κ3) is 3.18. The van der Waals surface area contributed by atoms with Crippen LogP contribution in [0.3, 0.4) is 0 Å². The summed E-state index contributed by atoms with van der Waals surface area (Å²) in [6.45, 7) is 0.591. The number of carboxylic acids is 1. The number of aromatic carboxylic acids is 1. The van der Waals surface area contributed by atoms with Crippen molar-refractivity contribution in [3.05, 3.63) is 58.6 Å². The number of fused-ring (bicyclic) bond motifs is 1. The zero-order chi connectivity index (χ0) is 14.1. The average molecular weight is 338 g/mol. The van der Waals surface area contributed by atoms with E-state index in [1.165, 1.54) is 6.07 Å². The van der Waals surface area contributed by atoms with Gasteiger partial charge < -0.3 is 14.5 Å². The molecule has 0 saturated heterocycles. The number of hydrogen-bond donors (Lipinski definition) is 0. The second-order valence-corrected chi connectivity index (χ2v) is 5.17. The molecular weight excluding hydrogens is 329 g/mol. The van der Waals surface area contributed by atoms with Crippen molar-refractivity contribution in [1.29, 1.82) is 0 Å². The first-order chi connectivity index (χ1) is 9.65. The van der Waals surface area contributed by atoms with E-state index in [9.17, 15) is 9.90 Å². The zero-order valence-electron chi connectivity index (χ0n) is 11.3. The van der Waals surface area contributed by atoms with E-state index in [4.69, 9.17) is 0 Å². The second kappa shape index (κ2) is 6.44. The SMILES string of the molecule is O=C([O-])c1ccc2c(Br)cn(Cc3ccncc3)c2n1.[Li+]. The van der Waals surface area contributed by atoms with Crippen LogP contribution in [0.5, 0.6) is 0 Å². The van der Waals surface area contributed by atoms with Gasteiger partial charge in [-0.05, 0) is 45.8 Å². The quantitative estimate of drug-likeness (QED) is 0.552. The molecule has 0 saturated carbocycles. The summed E-state index contributed by atoms with van der Waals surface area (Å²) in [4.78, 5) is 19.0. The summed E-state index contributed by atoms with van der Waals surface area (Å²) >= 11 is 3.46. The summed E-state index contributed by atoms with van der Waals surface area (Å²) in [5.74, 6) is -1.28. The van der Waals surface area contributed by atoms with Crippen LogP contribution >= 0.6 is 15.9 Å². The van der Waals surface area contributed by atoms with E-state index in [0.29, 0.717) is 12.2 Å². The molecular formula is C14H9BrLiN3O2. The fraction of sp³-hybridized carbons (Fsp3) is 0.0714. The Kier molecular flexibility index (Phi) is 4.83. The number of carbonyl (C=O) groups is 1. The molecule has 0 aromatic carbocycles. The molecule has 0 aliphatic heterocycles. The first-order valence-electron chi connectivity index (χ1n) is 5.91. The predicted octanol–water partition coefficient (Wildman–Crippen LogP) is -1.39. The molecule has 0 aliphatic carbocycles. The van der Waals surface area contributed by atoms with E-state index >= 15 is 0 Å². The topological polar surface area (TPSA) is 70.8 Å². The van der Waals surface area contributed by atoms with E-state index in [1.54, 1.807) is 18.5 Å². The Morgan fingerprint density at radius 3 is 2.62 bits per heavy atom. The summed E-state index contributed by atoms with van der Waals surface area (Å²) in [5.41, 5.74) is 1.60. The molecule has 7 heteroatoms. The normalized spacial score (nSPS) is 10.3.